The van der Waals surface area contributed by atoms with Crippen LogP contribution in [0.3, 0.4) is 0 Å². The highest BCUT2D eigenvalue weighted by Crippen LogP contribution is 2.22. The Kier molecular flexibility index (Phi) is 5.75. The van der Waals surface area contributed by atoms with Gasteiger partial charge in [0.15, 0.2) is 11.6 Å². The zero-order chi connectivity index (χ0) is 24.6. The van der Waals surface area contributed by atoms with Gasteiger partial charge in [-0.05, 0) is 35.2 Å². The SMILES string of the molecule is Cn1cc(-c2cnc3ccc4ccc(CS(=O)(=O)NCc5cccc[n+]5[O-])cc4c(=O)c3c2)cn1. The minimum absolute atomic E-state index is 0.130. The molecule has 0 aliphatic carbocycles. The third-order valence-electron chi connectivity index (χ3n) is 5.72. The first kappa shape index (κ1) is 22.6. The average Bonchev–Trinajstić information content (AvgIpc) is 3.22. The van der Waals surface area contributed by atoms with Crippen molar-refractivity contribution < 1.29 is 13.1 Å². The Hall–Kier alpha value is -4.15. The second-order valence-electron chi connectivity index (χ2n) is 8.24. The van der Waals surface area contributed by atoms with Crippen LogP contribution < -0.4 is 14.9 Å². The van der Waals surface area contributed by atoms with Gasteiger partial charge in [0, 0.05) is 53.5 Å². The first-order valence-electron chi connectivity index (χ1n) is 10.8. The quantitative estimate of drug-likeness (QED) is 0.290. The zero-order valence-corrected chi connectivity index (χ0v) is 19.6. The molecule has 0 saturated carbocycles. The standard InChI is InChI=1S/C25H21N5O4S/c1-29-15-20(13-27-29)19-11-23-24(26-12-19)8-7-18-6-5-17(10-22(18)25(23)31)16-35(33,34)28-14-21-4-2-3-9-30(21)32/h2-13,15,28H,14,16H2,1H3. The third-order valence-corrected chi connectivity index (χ3v) is 7.02. The van der Waals surface area contributed by atoms with Crippen LogP contribution in [0.4, 0.5) is 0 Å². The van der Waals surface area contributed by atoms with E-state index in [1.807, 2.05) is 13.2 Å². The normalized spacial score (nSPS) is 11.8. The summed E-state index contributed by atoms with van der Waals surface area (Å²) in [5.74, 6) is -0.330. The van der Waals surface area contributed by atoms with Crippen molar-refractivity contribution in [2.24, 2.45) is 7.05 Å². The molecule has 0 unspecified atom stereocenters. The number of hydrogen-bond donors (Lipinski definition) is 1. The lowest BCUT2D eigenvalue weighted by Gasteiger charge is -2.08. The summed E-state index contributed by atoms with van der Waals surface area (Å²) in [6, 6.07) is 15.1. The summed E-state index contributed by atoms with van der Waals surface area (Å²) in [7, 11) is -1.94. The molecule has 0 amide bonds. The summed E-state index contributed by atoms with van der Waals surface area (Å²) in [5, 5.41) is 17.5. The predicted molar refractivity (Wildman–Crippen MR) is 133 cm³/mol. The van der Waals surface area contributed by atoms with Crippen LogP contribution in [-0.4, -0.2) is 23.2 Å². The number of hydrogen-bond acceptors (Lipinski definition) is 6. The second kappa shape index (κ2) is 8.90. The molecule has 0 aliphatic heterocycles. The van der Waals surface area contributed by atoms with Crippen LogP contribution in [-0.2, 0) is 29.4 Å². The van der Waals surface area contributed by atoms with Crippen LogP contribution in [0.25, 0.3) is 32.8 Å². The number of sulfonamides is 1. The average molecular weight is 488 g/mol. The Bertz CT molecular complexity index is 1750. The largest absolute Gasteiger partial charge is 0.618 e. The Balaban J connectivity index is 1.50. The minimum atomic E-state index is -3.76. The van der Waals surface area contributed by atoms with Gasteiger partial charge in [-0.2, -0.15) is 9.83 Å². The molecule has 176 valence electrons. The molecule has 0 fully saturated rings. The maximum Gasteiger partial charge on any atom is 0.216 e. The molecule has 0 radical (unpaired) electrons. The van der Waals surface area contributed by atoms with E-state index in [2.05, 4.69) is 14.8 Å². The first-order valence-corrected chi connectivity index (χ1v) is 12.4. The van der Waals surface area contributed by atoms with E-state index >= 15 is 0 Å². The molecule has 1 N–H and O–H groups in total. The molecule has 3 heterocycles. The highest BCUT2D eigenvalue weighted by molar-refractivity contribution is 7.88. The van der Waals surface area contributed by atoms with Crippen molar-refractivity contribution in [1.82, 2.24) is 19.5 Å². The van der Waals surface area contributed by atoms with Crippen molar-refractivity contribution >= 4 is 31.7 Å². The van der Waals surface area contributed by atoms with Gasteiger partial charge in [-0.25, -0.2) is 13.1 Å². The van der Waals surface area contributed by atoms with Gasteiger partial charge >= 0.3 is 0 Å². The Morgan fingerprint density at radius 2 is 1.86 bits per heavy atom. The van der Waals surface area contributed by atoms with Crippen LogP contribution in [0.15, 0.2) is 84.2 Å². The predicted octanol–water partition coefficient (Wildman–Crippen LogP) is 2.40. The highest BCUT2D eigenvalue weighted by Gasteiger charge is 2.15. The summed E-state index contributed by atoms with van der Waals surface area (Å²) in [6.45, 7) is -0.130. The lowest BCUT2D eigenvalue weighted by atomic mass is 10.1. The van der Waals surface area contributed by atoms with Crippen molar-refractivity contribution in [2.45, 2.75) is 12.3 Å². The summed E-state index contributed by atoms with van der Waals surface area (Å²) in [6.07, 6.45) is 6.55. The monoisotopic (exact) mass is 487 g/mol. The first-order chi connectivity index (χ1) is 16.8. The fourth-order valence-electron chi connectivity index (χ4n) is 3.92. The minimum Gasteiger partial charge on any atom is -0.618 e. The van der Waals surface area contributed by atoms with Gasteiger partial charge in [-0.3, -0.25) is 14.5 Å². The number of fused-ring (bicyclic) bond motifs is 2. The van der Waals surface area contributed by atoms with E-state index in [9.17, 15) is 18.4 Å². The molecule has 5 rings (SSSR count). The van der Waals surface area contributed by atoms with E-state index in [1.54, 1.807) is 71.7 Å². The van der Waals surface area contributed by atoms with Crippen LogP contribution in [0.5, 0.6) is 0 Å². The van der Waals surface area contributed by atoms with E-state index in [4.69, 9.17) is 0 Å². The van der Waals surface area contributed by atoms with Crippen molar-refractivity contribution in [3.8, 4) is 11.1 Å². The van der Waals surface area contributed by atoms with Crippen LogP contribution in [0, 0.1) is 5.21 Å². The van der Waals surface area contributed by atoms with Gasteiger partial charge in [0.05, 0.1) is 24.0 Å². The molecule has 0 spiro atoms. The van der Waals surface area contributed by atoms with E-state index in [1.165, 1.54) is 6.20 Å². The number of rotatable bonds is 6. The highest BCUT2D eigenvalue weighted by atomic mass is 32.2. The Labute approximate surface area is 200 Å². The third kappa shape index (κ3) is 4.75. The van der Waals surface area contributed by atoms with Gasteiger partial charge < -0.3 is 5.21 Å². The molecule has 0 bridgehead atoms. The van der Waals surface area contributed by atoms with Crippen molar-refractivity contribution in [2.75, 3.05) is 0 Å². The van der Waals surface area contributed by atoms with Gasteiger partial charge in [0.2, 0.25) is 15.7 Å². The molecule has 0 saturated heterocycles. The maximum atomic E-state index is 13.5. The zero-order valence-electron chi connectivity index (χ0n) is 18.7. The molecule has 10 heteroatoms. The van der Waals surface area contributed by atoms with Crippen molar-refractivity contribution in [3.63, 3.8) is 0 Å². The van der Waals surface area contributed by atoms with E-state index in [0.29, 0.717) is 32.0 Å². The molecule has 35 heavy (non-hydrogen) atoms. The summed E-state index contributed by atoms with van der Waals surface area (Å²) < 4.78 is 30.1. The fourth-order valence-corrected chi connectivity index (χ4v) is 5.01. The van der Waals surface area contributed by atoms with Crippen LogP contribution >= 0.6 is 0 Å². The Morgan fingerprint density at radius 1 is 1.03 bits per heavy atom. The molecular weight excluding hydrogens is 466 g/mol. The molecule has 0 atom stereocenters. The van der Waals surface area contributed by atoms with Gasteiger partial charge in [-0.1, -0.05) is 18.2 Å². The number of nitrogens with one attached hydrogen (secondary N) is 1. The van der Waals surface area contributed by atoms with Crippen molar-refractivity contribution in [3.05, 3.63) is 106 Å². The fraction of sp³-hybridized carbons (Fsp3) is 0.120. The van der Waals surface area contributed by atoms with Gasteiger partial charge in [0.1, 0.15) is 0 Å². The smallest absolute Gasteiger partial charge is 0.216 e. The summed E-state index contributed by atoms with van der Waals surface area (Å²) in [5.41, 5.74) is 2.66. The number of aryl methyl sites for hydroxylation is 1. The molecule has 5 aromatic rings. The number of nitrogens with zero attached hydrogens (tertiary/aromatic N) is 4. The maximum absolute atomic E-state index is 13.5. The lowest BCUT2D eigenvalue weighted by Crippen LogP contribution is -2.36. The summed E-state index contributed by atoms with van der Waals surface area (Å²) >= 11 is 0. The van der Waals surface area contributed by atoms with Gasteiger partial charge in [0.25, 0.3) is 0 Å². The molecule has 2 aromatic carbocycles. The van der Waals surface area contributed by atoms with Crippen LogP contribution in [0.1, 0.15) is 11.3 Å². The Morgan fingerprint density at radius 3 is 2.63 bits per heavy atom. The lowest BCUT2D eigenvalue weighted by molar-refractivity contribution is -0.614. The van der Waals surface area contributed by atoms with E-state index in [0.717, 1.165) is 11.1 Å². The van der Waals surface area contributed by atoms with Crippen molar-refractivity contribution in [1.29, 1.82) is 0 Å². The second-order valence-corrected chi connectivity index (χ2v) is 10.0. The molecular formula is C25H21N5O4S. The van der Waals surface area contributed by atoms with Gasteiger partial charge in [-0.15, -0.1) is 0 Å². The molecule has 3 aromatic heterocycles. The number of pyridine rings is 2. The van der Waals surface area contributed by atoms with E-state index < -0.39 is 10.0 Å². The summed E-state index contributed by atoms with van der Waals surface area (Å²) in [4.78, 5) is 17.9. The van der Waals surface area contributed by atoms with E-state index in [-0.39, 0.29) is 23.4 Å². The number of benzene rings is 1. The van der Waals surface area contributed by atoms with Crippen LogP contribution in [0.2, 0.25) is 0 Å². The number of aromatic nitrogens is 4. The molecule has 9 nitrogen and oxygen atoms in total. The molecule has 0 aliphatic rings. The topological polar surface area (TPSA) is 121 Å².